The molecule has 0 aliphatic carbocycles. The highest BCUT2D eigenvalue weighted by atomic mass is 16.5. The predicted octanol–water partition coefficient (Wildman–Crippen LogP) is 3.20. The second-order valence-corrected chi connectivity index (χ2v) is 6.83. The van der Waals surface area contributed by atoms with E-state index in [0.717, 1.165) is 11.3 Å². The minimum atomic E-state index is -0.0875. The molecule has 0 heterocycles. The Morgan fingerprint density at radius 1 is 1.19 bits per heavy atom. The van der Waals surface area contributed by atoms with Gasteiger partial charge < -0.3 is 20.7 Å². The maximum Gasteiger partial charge on any atom is 0.259 e. The van der Waals surface area contributed by atoms with Crippen LogP contribution in [0.2, 0.25) is 0 Å². The van der Waals surface area contributed by atoms with Crippen LogP contribution in [0.5, 0.6) is 5.75 Å². The number of nitrogens with two attached hydrogens (primary N) is 1. The van der Waals surface area contributed by atoms with Crippen LogP contribution < -0.4 is 15.8 Å². The van der Waals surface area contributed by atoms with E-state index < -0.39 is 0 Å². The summed E-state index contributed by atoms with van der Waals surface area (Å²) in [6, 6.07) is 15.6. The van der Waals surface area contributed by atoms with Crippen LogP contribution in [0.1, 0.15) is 30.9 Å². The average molecular weight is 368 g/mol. The van der Waals surface area contributed by atoms with Crippen molar-refractivity contribution in [1.29, 1.82) is 0 Å². The van der Waals surface area contributed by atoms with Crippen LogP contribution in [0.4, 0.5) is 5.69 Å². The van der Waals surface area contributed by atoms with E-state index in [2.05, 4.69) is 36.3 Å². The lowest BCUT2D eigenvalue weighted by atomic mass is 10.0. The van der Waals surface area contributed by atoms with Crippen molar-refractivity contribution in [1.82, 2.24) is 4.90 Å². The zero-order valence-corrected chi connectivity index (χ0v) is 16.4. The Morgan fingerprint density at radius 2 is 1.93 bits per heavy atom. The highest BCUT2D eigenvalue weighted by molar-refractivity contribution is 5.92. The van der Waals surface area contributed by atoms with E-state index in [9.17, 15) is 4.79 Å². The molecule has 6 heteroatoms. The summed E-state index contributed by atoms with van der Waals surface area (Å²) in [5, 5.41) is 3.12. The largest absolute Gasteiger partial charge is 0.484 e. The zero-order valence-electron chi connectivity index (χ0n) is 16.4. The molecule has 0 fully saturated rings. The molecule has 1 amide bonds. The van der Waals surface area contributed by atoms with E-state index in [1.54, 1.807) is 14.1 Å². The molecule has 0 saturated heterocycles. The summed E-state index contributed by atoms with van der Waals surface area (Å²) in [6.45, 7) is 4.73. The predicted molar refractivity (Wildman–Crippen MR) is 110 cm³/mol. The van der Waals surface area contributed by atoms with Crippen molar-refractivity contribution in [3.8, 4) is 5.75 Å². The number of carbonyl (C=O) groups is 1. The van der Waals surface area contributed by atoms with E-state index in [0.29, 0.717) is 24.2 Å². The van der Waals surface area contributed by atoms with Gasteiger partial charge in [-0.25, -0.2) is 4.99 Å². The molecule has 6 nitrogen and oxygen atoms in total. The highest BCUT2D eigenvalue weighted by Crippen LogP contribution is 2.18. The van der Waals surface area contributed by atoms with Crippen LogP contribution in [0, 0.1) is 0 Å². The number of ether oxygens (including phenoxy) is 1. The van der Waals surface area contributed by atoms with Gasteiger partial charge in [-0.15, -0.1) is 0 Å². The molecule has 0 atom stereocenters. The number of guanidine groups is 1. The summed E-state index contributed by atoms with van der Waals surface area (Å²) in [5.41, 5.74) is 9.12. The first-order valence-corrected chi connectivity index (χ1v) is 8.94. The summed E-state index contributed by atoms with van der Waals surface area (Å²) in [4.78, 5) is 17.5. The molecule has 0 aromatic heterocycles. The number of amides is 1. The Morgan fingerprint density at radius 3 is 2.63 bits per heavy atom. The molecule has 0 bridgehead atoms. The van der Waals surface area contributed by atoms with Crippen molar-refractivity contribution in [2.45, 2.75) is 26.3 Å². The van der Waals surface area contributed by atoms with Crippen LogP contribution in [0.25, 0.3) is 0 Å². The summed E-state index contributed by atoms with van der Waals surface area (Å²) < 4.78 is 5.52. The average Bonchev–Trinajstić information content (AvgIpc) is 2.65. The molecular formula is C21H28N4O2. The van der Waals surface area contributed by atoms with Crippen molar-refractivity contribution in [2.75, 3.05) is 26.0 Å². The molecule has 2 rings (SSSR count). The normalized spacial score (nSPS) is 11.4. The number of anilines is 1. The van der Waals surface area contributed by atoms with Crippen molar-refractivity contribution < 1.29 is 9.53 Å². The molecule has 0 saturated carbocycles. The van der Waals surface area contributed by atoms with Gasteiger partial charge in [0.25, 0.3) is 5.91 Å². The zero-order chi connectivity index (χ0) is 19.8. The minimum absolute atomic E-state index is 0.00953. The Balaban J connectivity index is 1.95. The third-order valence-corrected chi connectivity index (χ3v) is 4.02. The molecule has 0 aliphatic rings. The first kappa shape index (κ1) is 20.3. The third-order valence-electron chi connectivity index (χ3n) is 4.02. The number of benzene rings is 2. The molecule has 144 valence electrons. The second-order valence-electron chi connectivity index (χ2n) is 6.83. The molecule has 2 aromatic carbocycles. The maximum absolute atomic E-state index is 11.6. The summed E-state index contributed by atoms with van der Waals surface area (Å²) >= 11 is 0. The Bertz CT molecular complexity index is 800. The SMILES string of the molecule is CC(C)c1cccc(NC(N)=NCc2cccc(OCC(=O)N(C)C)c2)c1. The van der Waals surface area contributed by atoms with Gasteiger partial charge in [0, 0.05) is 19.8 Å². The fourth-order valence-corrected chi connectivity index (χ4v) is 2.35. The molecular weight excluding hydrogens is 340 g/mol. The van der Waals surface area contributed by atoms with Gasteiger partial charge in [-0.2, -0.15) is 0 Å². The van der Waals surface area contributed by atoms with Crippen LogP contribution >= 0.6 is 0 Å². The fraction of sp³-hybridized carbons (Fsp3) is 0.333. The maximum atomic E-state index is 11.6. The number of hydrogen-bond acceptors (Lipinski definition) is 3. The van der Waals surface area contributed by atoms with E-state index in [-0.39, 0.29) is 12.5 Å². The first-order valence-electron chi connectivity index (χ1n) is 8.94. The Hall–Kier alpha value is -3.02. The van der Waals surface area contributed by atoms with Crippen LogP contribution in [0.3, 0.4) is 0 Å². The van der Waals surface area contributed by atoms with E-state index in [1.165, 1.54) is 10.5 Å². The van der Waals surface area contributed by atoms with Gasteiger partial charge in [0.05, 0.1) is 6.54 Å². The Kier molecular flexibility index (Phi) is 7.23. The summed E-state index contributed by atoms with van der Waals surface area (Å²) in [6.07, 6.45) is 0. The summed E-state index contributed by atoms with van der Waals surface area (Å²) in [7, 11) is 3.40. The lowest BCUT2D eigenvalue weighted by molar-refractivity contribution is -0.130. The number of nitrogens with one attached hydrogen (secondary N) is 1. The van der Waals surface area contributed by atoms with Gasteiger partial charge in [-0.05, 0) is 41.3 Å². The lowest BCUT2D eigenvalue weighted by Crippen LogP contribution is -2.27. The van der Waals surface area contributed by atoms with Crippen LogP contribution in [0.15, 0.2) is 53.5 Å². The number of nitrogens with zero attached hydrogens (tertiary/aromatic N) is 2. The van der Waals surface area contributed by atoms with Gasteiger partial charge in [0.2, 0.25) is 0 Å². The fourth-order valence-electron chi connectivity index (χ4n) is 2.35. The molecule has 0 radical (unpaired) electrons. The molecule has 0 aliphatic heterocycles. The third kappa shape index (κ3) is 6.66. The topological polar surface area (TPSA) is 80.0 Å². The number of rotatable bonds is 7. The number of hydrogen-bond donors (Lipinski definition) is 2. The molecule has 2 aromatic rings. The van der Waals surface area contributed by atoms with Gasteiger partial charge in [0.1, 0.15) is 5.75 Å². The van der Waals surface area contributed by atoms with E-state index >= 15 is 0 Å². The van der Waals surface area contributed by atoms with Gasteiger partial charge in [0.15, 0.2) is 12.6 Å². The second kappa shape index (κ2) is 9.62. The van der Waals surface area contributed by atoms with Gasteiger partial charge in [-0.3, -0.25) is 4.79 Å². The molecule has 27 heavy (non-hydrogen) atoms. The first-order chi connectivity index (χ1) is 12.8. The van der Waals surface area contributed by atoms with Crippen molar-refractivity contribution >= 4 is 17.6 Å². The standard InChI is InChI=1S/C21H28N4O2/c1-15(2)17-8-6-9-18(12-17)24-21(22)23-13-16-7-5-10-19(11-16)27-14-20(26)25(3)4/h5-12,15H,13-14H2,1-4H3,(H3,22,23,24). The molecule has 0 unspecified atom stereocenters. The number of likely N-dealkylation sites (N-methyl/N-ethyl adjacent to an activating group) is 1. The monoisotopic (exact) mass is 368 g/mol. The lowest BCUT2D eigenvalue weighted by Gasteiger charge is -2.12. The van der Waals surface area contributed by atoms with Gasteiger partial charge >= 0.3 is 0 Å². The van der Waals surface area contributed by atoms with E-state index in [1.807, 2.05) is 36.4 Å². The minimum Gasteiger partial charge on any atom is -0.484 e. The Labute approximate surface area is 161 Å². The van der Waals surface area contributed by atoms with Crippen molar-refractivity contribution in [3.05, 3.63) is 59.7 Å². The molecule has 3 N–H and O–H groups in total. The summed E-state index contributed by atoms with van der Waals surface area (Å²) in [5.74, 6) is 1.35. The molecule has 0 spiro atoms. The van der Waals surface area contributed by atoms with Crippen LogP contribution in [-0.2, 0) is 11.3 Å². The van der Waals surface area contributed by atoms with Crippen molar-refractivity contribution in [2.24, 2.45) is 10.7 Å². The van der Waals surface area contributed by atoms with Crippen LogP contribution in [-0.4, -0.2) is 37.5 Å². The number of carbonyl (C=O) groups excluding carboxylic acids is 1. The smallest absolute Gasteiger partial charge is 0.259 e. The van der Waals surface area contributed by atoms with Gasteiger partial charge in [-0.1, -0.05) is 38.1 Å². The number of aliphatic imine (C=N–C) groups is 1. The van der Waals surface area contributed by atoms with E-state index in [4.69, 9.17) is 10.5 Å². The quantitative estimate of drug-likeness (QED) is 0.581. The highest BCUT2D eigenvalue weighted by Gasteiger charge is 2.05. The van der Waals surface area contributed by atoms with Crippen molar-refractivity contribution in [3.63, 3.8) is 0 Å².